The molecule has 0 saturated heterocycles. The second-order valence-electron chi connectivity index (χ2n) is 3.58. The molecule has 0 aromatic heterocycles. The summed E-state index contributed by atoms with van der Waals surface area (Å²) in [6, 6.07) is 0.514. The Hall–Kier alpha value is -0.370. The maximum absolute atomic E-state index is 10.2. The molecule has 0 amide bonds. The largest absolute Gasteiger partial charge is 0.302 e. The van der Waals surface area contributed by atoms with E-state index in [-0.39, 0.29) is 0 Å². The van der Waals surface area contributed by atoms with Crippen LogP contribution in [0.25, 0.3) is 0 Å². The van der Waals surface area contributed by atoms with Gasteiger partial charge in [0.25, 0.3) is 0 Å². The first kappa shape index (κ1) is 10.6. The lowest BCUT2D eigenvalue weighted by Gasteiger charge is -2.23. The highest BCUT2D eigenvalue weighted by molar-refractivity contribution is 5.51. The molecule has 0 aromatic rings. The van der Waals surface area contributed by atoms with Gasteiger partial charge in [0.15, 0.2) is 0 Å². The van der Waals surface area contributed by atoms with Gasteiger partial charge < -0.3 is 4.79 Å². The normalized spacial score (nSPS) is 14.0. The highest BCUT2D eigenvalue weighted by Crippen LogP contribution is 2.08. The maximum atomic E-state index is 10.2. The van der Waals surface area contributed by atoms with Crippen LogP contribution in [0, 0.1) is 5.92 Å². The first-order valence-corrected chi connectivity index (χ1v) is 4.21. The van der Waals surface area contributed by atoms with Crippen molar-refractivity contribution >= 4 is 6.29 Å². The van der Waals surface area contributed by atoms with Gasteiger partial charge in [0.2, 0.25) is 0 Å². The van der Waals surface area contributed by atoms with Gasteiger partial charge in [0.1, 0.15) is 6.29 Å². The van der Waals surface area contributed by atoms with E-state index in [1.807, 2.05) is 7.05 Å². The van der Waals surface area contributed by atoms with Crippen molar-refractivity contribution in [3.63, 3.8) is 0 Å². The predicted octanol–water partition coefficient (Wildman–Crippen LogP) is 1.55. The molecule has 0 aliphatic carbocycles. The highest BCUT2D eigenvalue weighted by Gasteiger charge is 2.09. The second-order valence-corrected chi connectivity index (χ2v) is 3.58. The fraction of sp³-hybridized carbons (Fsp3) is 0.889. The molecule has 0 radical (unpaired) electrons. The zero-order valence-electron chi connectivity index (χ0n) is 8.00. The fourth-order valence-electron chi connectivity index (χ4n) is 1.16. The molecule has 1 unspecified atom stereocenters. The third-order valence-corrected chi connectivity index (χ3v) is 1.93. The molecule has 0 fully saturated rings. The Kier molecular flexibility index (Phi) is 5.12. The van der Waals surface area contributed by atoms with Crippen molar-refractivity contribution in [1.29, 1.82) is 0 Å². The van der Waals surface area contributed by atoms with Gasteiger partial charge in [0.05, 0.1) is 6.54 Å². The van der Waals surface area contributed by atoms with E-state index >= 15 is 0 Å². The molecular weight excluding hydrogens is 138 g/mol. The summed E-state index contributed by atoms with van der Waals surface area (Å²) in [5.74, 6) is 0.708. The molecule has 0 bridgehead atoms. The van der Waals surface area contributed by atoms with Crippen LogP contribution < -0.4 is 0 Å². The minimum atomic E-state index is 0.514. The van der Waals surface area contributed by atoms with Crippen molar-refractivity contribution in [3.05, 3.63) is 0 Å². The topological polar surface area (TPSA) is 20.3 Å². The van der Waals surface area contributed by atoms with Gasteiger partial charge in [-0.25, -0.2) is 0 Å². The van der Waals surface area contributed by atoms with Crippen molar-refractivity contribution in [2.24, 2.45) is 5.92 Å². The molecule has 0 spiro atoms. The summed E-state index contributed by atoms with van der Waals surface area (Å²) in [6.07, 6.45) is 2.11. The van der Waals surface area contributed by atoms with Crippen LogP contribution in [0.1, 0.15) is 27.2 Å². The van der Waals surface area contributed by atoms with Crippen LogP contribution in [0.2, 0.25) is 0 Å². The molecule has 11 heavy (non-hydrogen) atoms. The van der Waals surface area contributed by atoms with Crippen LogP contribution in [0.15, 0.2) is 0 Å². The number of nitrogens with zero attached hydrogens (tertiary/aromatic N) is 1. The van der Waals surface area contributed by atoms with Crippen LogP contribution >= 0.6 is 0 Å². The minimum absolute atomic E-state index is 0.514. The van der Waals surface area contributed by atoms with Gasteiger partial charge in [-0.1, -0.05) is 13.8 Å². The number of aldehydes is 1. The van der Waals surface area contributed by atoms with Crippen molar-refractivity contribution < 1.29 is 4.79 Å². The van der Waals surface area contributed by atoms with E-state index in [9.17, 15) is 4.79 Å². The molecule has 2 nitrogen and oxygen atoms in total. The Balaban J connectivity index is 3.62. The minimum Gasteiger partial charge on any atom is -0.302 e. The number of hydrogen-bond acceptors (Lipinski definition) is 2. The second kappa shape index (κ2) is 5.30. The number of hydrogen-bond donors (Lipinski definition) is 0. The molecule has 0 aromatic carbocycles. The van der Waals surface area contributed by atoms with Gasteiger partial charge >= 0.3 is 0 Å². The molecule has 0 aliphatic rings. The monoisotopic (exact) mass is 157 g/mol. The summed E-state index contributed by atoms with van der Waals surface area (Å²) in [7, 11) is 1.99. The van der Waals surface area contributed by atoms with E-state index in [0.29, 0.717) is 18.5 Å². The number of rotatable bonds is 5. The summed E-state index contributed by atoms with van der Waals surface area (Å²) in [6.45, 7) is 7.11. The average Bonchev–Trinajstić information content (AvgIpc) is 1.86. The van der Waals surface area contributed by atoms with Crippen LogP contribution in [-0.4, -0.2) is 30.8 Å². The molecular formula is C9H19NO. The van der Waals surface area contributed by atoms with Crippen molar-refractivity contribution in [1.82, 2.24) is 4.90 Å². The lowest BCUT2D eigenvalue weighted by molar-refractivity contribution is -0.109. The van der Waals surface area contributed by atoms with Crippen LogP contribution in [0.3, 0.4) is 0 Å². The standard InChI is InChI=1S/C9H19NO/c1-8(2)7-9(3)10(4)5-6-11/h6,8-9H,5,7H2,1-4H3. The third kappa shape index (κ3) is 4.96. The molecule has 0 N–H and O–H groups in total. The summed E-state index contributed by atoms with van der Waals surface area (Å²) >= 11 is 0. The van der Waals surface area contributed by atoms with E-state index in [1.165, 1.54) is 0 Å². The molecule has 0 aliphatic heterocycles. The zero-order chi connectivity index (χ0) is 8.85. The van der Waals surface area contributed by atoms with Crippen LogP contribution in [-0.2, 0) is 4.79 Å². The molecule has 66 valence electrons. The molecule has 0 heterocycles. The highest BCUT2D eigenvalue weighted by atomic mass is 16.1. The first-order chi connectivity index (χ1) is 5.07. The fourth-order valence-corrected chi connectivity index (χ4v) is 1.16. The van der Waals surface area contributed by atoms with Crippen LogP contribution in [0.5, 0.6) is 0 Å². The van der Waals surface area contributed by atoms with E-state index < -0.39 is 0 Å². The summed E-state index contributed by atoms with van der Waals surface area (Å²) in [5, 5.41) is 0. The zero-order valence-corrected chi connectivity index (χ0v) is 8.00. The Morgan fingerprint density at radius 1 is 1.36 bits per heavy atom. The Labute approximate surface area is 69.6 Å². The Bertz CT molecular complexity index is 112. The van der Waals surface area contributed by atoms with Gasteiger partial charge in [-0.2, -0.15) is 0 Å². The quantitative estimate of drug-likeness (QED) is 0.564. The molecule has 1 atom stereocenters. The number of likely N-dealkylation sites (N-methyl/N-ethyl adjacent to an activating group) is 1. The van der Waals surface area contributed by atoms with E-state index in [4.69, 9.17) is 0 Å². The summed E-state index contributed by atoms with van der Waals surface area (Å²) < 4.78 is 0. The van der Waals surface area contributed by atoms with E-state index in [0.717, 1.165) is 12.7 Å². The summed E-state index contributed by atoms with van der Waals surface area (Å²) in [4.78, 5) is 12.2. The van der Waals surface area contributed by atoms with Gasteiger partial charge in [0, 0.05) is 6.04 Å². The first-order valence-electron chi connectivity index (χ1n) is 4.21. The van der Waals surface area contributed by atoms with Crippen molar-refractivity contribution in [3.8, 4) is 0 Å². The molecule has 2 heteroatoms. The SMILES string of the molecule is CC(C)CC(C)N(C)CC=O. The Morgan fingerprint density at radius 2 is 1.91 bits per heavy atom. The van der Waals surface area contributed by atoms with Crippen molar-refractivity contribution in [2.75, 3.05) is 13.6 Å². The van der Waals surface area contributed by atoms with E-state index in [1.54, 1.807) is 0 Å². The lowest BCUT2D eigenvalue weighted by atomic mass is 10.0. The lowest BCUT2D eigenvalue weighted by Crippen LogP contribution is -2.31. The molecule has 0 rings (SSSR count). The van der Waals surface area contributed by atoms with Gasteiger partial charge in [-0.05, 0) is 26.3 Å². The Morgan fingerprint density at radius 3 is 2.27 bits per heavy atom. The van der Waals surface area contributed by atoms with E-state index in [2.05, 4.69) is 25.7 Å². The van der Waals surface area contributed by atoms with Gasteiger partial charge in [-0.3, -0.25) is 4.90 Å². The summed E-state index contributed by atoms with van der Waals surface area (Å²) in [5.41, 5.74) is 0. The van der Waals surface area contributed by atoms with Gasteiger partial charge in [-0.15, -0.1) is 0 Å². The maximum Gasteiger partial charge on any atom is 0.133 e. The van der Waals surface area contributed by atoms with Crippen LogP contribution in [0.4, 0.5) is 0 Å². The number of carbonyl (C=O) groups excluding carboxylic acids is 1. The smallest absolute Gasteiger partial charge is 0.133 e. The molecule has 0 saturated carbocycles. The average molecular weight is 157 g/mol. The van der Waals surface area contributed by atoms with Crippen molar-refractivity contribution in [2.45, 2.75) is 33.2 Å². The number of carbonyl (C=O) groups is 1. The predicted molar refractivity (Wildman–Crippen MR) is 47.6 cm³/mol. The third-order valence-electron chi connectivity index (χ3n) is 1.93.